The molecule has 0 unspecified atom stereocenters. The number of rotatable bonds is 5. The van der Waals surface area contributed by atoms with Gasteiger partial charge >= 0.3 is 4.83 Å². The van der Waals surface area contributed by atoms with Crippen LogP contribution in [0.1, 0.15) is 20.8 Å². The van der Waals surface area contributed by atoms with Crippen molar-refractivity contribution in [2.24, 2.45) is 0 Å². The minimum atomic E-state index is -2.93. The highest BCUT2D eigenvalue weighted by Gasteiger charge is 2.39. The maximum atomic E-state index is 12.9. The summed E-state index contributed by atoms with van der Waals surface area (Å²) < 4.78 is 32.0. The summed E-state index contributed by atoms with van der Waals surface area (Å²) in [5.74, 6) is 0.635. The average molecular weight is 366 g/mol. The molecule has 0 fully saturated rings. The lowest BCUT2D eigenvalue weighted by atomic mass is 10.2. The van der Waals surface area contributed by atoms with Gasteiger partial charge in [0, 0.05) is 0 Å². The van der Waals surface area contributed by atoms with Crippen LogP contribution in [-0.4, -0.2) is 19.7 Å². The highest BCUT2D eigenvalue weighted by Crippen LogP contribution is 2.39. The van der Waals surface area contributed by atoms with Crippen LogP contribution in [0.25, 0.3) is 0 Å². The summed E-state index contributed by atoms with van der Waals surface area (Å²) in [4.78, 5) is -2.93. The Hall–Kier alpha value is -0.623. The molecule has 0 aliphatic rings. The van der Waals surface area contributed by atoms with Gasteiger partial charge in [-0.25, -0.2) is 0 Å². The second-order valence-corrected chi connectivity index (χ2v) is 12.2. The van der Waals surface area contributed by atoms with Crippen LogP contribution in [0.2, 0.25) is 18.1 Å². The van der Waals surface area contributed by atoms with E-state index in [9.17, 15) is 8.78 Å². The van der Waals surface area contributed by atoms with E-state index in [1.807, 2.05) is 12.1 Å². The van der Waals surface area contributed by atoms with Crippen LogP contribution in [0.5, 0.6) is 5.75 Å². The number of halogens is 3. The van der Waals surface area contributed by atoms with Crippen LogP contribution in [0.4, 0.5) is 14.5 Å². The van der Waals surface area contributed by atoms with Crippen molar-refractivity contribution in [2.45, 2.75) is 43.7 Å². The second kappa shape index (κ2) is 6.01. The first kappa shape index (κ1) is 17.4. The third kappa shape index (κ3) is 5.05. The molecule has 1 aromatic carbocycles. The molecule has 2 nitrogen and oxygen atoms in total. The van der Waals surface area contributed by atoms with Crippen LogP contribution < -0.4 is 9.74 Å². The smallest absolute Gasteiger partial charge is 0.318 e. The molecule has 1 aromatic rings. The minimum Gasteiger partial charge on any atom is -0.542 e. The van der Waals surface area contributed by atoms with E-state index in [1.54, 1.807) is 12.1 Å². The Morgan fingerprint density at radius 3 is 2.25 bits per heavy atom. The zero-order valence-corrected chi connectivity index (χ0v) is 15.1. The van der Waals surface area contributed by atoms with Gasteiger partial charge in [0.15, 0.2) is 0 Å². The number of hydrogen-bond donors (Lipinski definition) is 1. The van der Waals surface area contributed by atoms with Crippen molar-refractivity contribution in [1.82, 2.24) is 0 Å². The van der Waals surface area contributed by atoms with Gasteiger partial charge in [0.2, 0.25) is 0 Å². The highest BCUT2D eigenvalue weighted by atomic mass is 79.9. The monoisotopic (exact) mass is 365 g/mol. The first-order valence-electron chi connectivity index (χ1n) is 6.51. The Labute approximate surface area is 129 Å². The van der Waals surface area contributed by atoms with Crippen molar-refractivity contribution in [2.75, 3.05) is 11.9 Å². The highest BCUT2D eigenvalue weighted by molar-refractivity contribution is 9.10. The SMILES string of the molecule is CC(C)(C)[Si](C)(C)Oc1ccccc1NCC(F)(F)Br. The number of anilines is 1. The quantitative estimate of drug-likeness (QED) is 0.551. The Morgan fingerprint density at radius 1 is 1.20 bits per heavy atom. The fourth-order valence-electron chi connectivity index (χ4n) is 1.33. The van der Waals surface area contributed by atoms with E-state index < -0.39 is 19.7 Å². The summed E-state index contributed by atoms with van der Waals surface area (Å²) in [6.07, 6.45) is 0. The molecular weight excluding hydrogens is 344 g/mol. The van der Waals surface area contributed by atoms with Crippen molar-refractivity contribution < 1.29 is 13.2 Å². The molecule has 114 valence electrons. The molecule has 0 bridgehead atoms. The third-order valence-electron chi connectivity index (χ3n) is 3.54. The van der Waals surface area contributed by atoms with E-state index in [0.717, 1.165) is 0 Å². The zero-order chi connectivity index (χ0) is 15.6. The summed E-state index contributed by atoms with van der Waals surface area (Å²) in [7, 11) is -1.99. The molecule has 0 aliphatic carbocycles. The van der Waals surface area contributed by atoms with Crippen LogP contribution in [0.3, 0.4) is 0 Å². The maximum Gasteiger partial charge on any atom is 0.318 e. The fourth-order valence-corrected chi connectivity index (χ4v) is 2.50. The summed E-state index contributed by atoms with van der Waals surface area (Å²) in [6.45, 7) is 10.2. The minimum absolute atomic E-state index is 0.0550. The van der Waals surface area contributed by atoms with Crippen LogP contribution >= 0.6 is 15.9 Å². The molecule has 0 aliphatic heterocycles. The van der Waals surface area contributed by atoms with Gasteiger partial charge in [0.25, 0.3) is 8.32 Å². The summed E-state index contributed by atoms with van der Waals surface area (Å²) in [5, 5.41) is 2.78. The first-order valence-corrected chi connectivity index (χ1v) is 10.2. The van der Waals surface area contributed by atoms with Gasteiger partial charge < -0.3 is 9.74 Å². The Kier molecular flexibility index (Phi) is 5.24. The Morgan fingerprint density at radius 2 is 1.75 bits per heavy atom. The third-order valence-corrected chi connectivity index (χ3v) is 8.16. The number of hydrogen-bond acceptors (Lipinski definition) is 2. The van der Waals surface area contributed by atoms with E-state index in [0.29, 0.717) is 11.4 Å². The largest absolute Gasteiger partial charge is 0.542 e. The zero-order valence-electron chi connectivity index (χ0n) is 12.6. The predicted molar refractivity (Wildman–Crippen MR) is 86.6 cm³/mol. The lowest BCUT2D eigenvalue weighted by molar-refractivity contribution is 0.130. The van der Waals surface area contributed by atoms with Gasteiger partial charge in [-0.2, -0.15) is 8.78 Å². The molecule has 0 spiro atoms. The molecule has 1 N–H and O–H groups in total. The van der Waals surface area contributed by atoms with Crippen LogP contribution in [0.15, 0.2) is 24.3 Å². The summed E-state index contributed by atoms with van der Waals surface area (Å²) in [5.41, 5.74) is 0.594. The molecule has 6 heteroatoms. The molecule has 0 saturated carbocycles. The van der Waals surface area contributed by atoms with Crippen LogP contribution in [0, 0.1) is 0 Å². The molecule has 0 radical (unpaired) electrons. The van der Waals surface area contributed by atoms with Crippen LogP contribution in [-0.2, 0) is 0 Å². The van der Waals surface area contributed by atoms with Crippen molar-refractivity contribution in [3.8, 4) is 5.75 Å². The number of nitrogens with one attached hydrogen (secondary N) is 1. The first-order chi connectivity index (χ1) is 8.92. The van der Waals surface area contributed by atoms with E-state index in [4.69, 9.17) is 4.43 Å². The van der Waals surface area contributed by atoms with Crippen molar-refractivity contribution in [3.05, 3.63) is 24.3 Å². The molecular formula is C14H22BrF2NOSi. The van der Waals surface area contributed by atoms with E-state index >= 15 is 0 Å². The van der Waals surface area contributed by atoms with Gasteiger partial charge in [-0.05, 0) is 46.2 Å². The molecule has 0 amide bonds. The standard InChI is InChI=1S/C14H22BrF2NOSi/c1-13(2,3)20(4,5)19-12-9-7-6-8-11(12)18-10-14(15,16)17/h6-9,18H,10H2,1-5H3. The van der Waals surface area contributed by atoms with Crippen molar-refractivity contribution in [3.63, 3.8) is 0 Å². The van der Waals surface area contributed by atoms with Gasteiger partial charge in [-0.1, -0.05) is 32.9 Å². The number of alkyl halides is 3. The van der Waals surface area contributed by atoms with E-state index in [1.165, 1.54) is 0 Å². The van der Waals surface area contributed by atoms with Gasteiger partial charge in [-0.3, -0.25) is 0 Å². The number of para-hydroxylation sites is 2. The molecule has 0 aromatic heterocycles. The normalized spacial score (nSPS) is 13.2. The Balaban J connectivity index is 2.91. The summed E-state index contributed by atoms with van der Waals surface area (Å²) in [6, 6.07) is 7.21. The average Bonchev–Trinajstić information content (AvgIpc) is 2.24. The molecule has 0 heterocycles. The molecule has 1 rings (SSSR count). The number of benzene rings is 1. The molecule has 0 atom stereocenters. The lowest BCUT2D eigenvalue weighted by Crippen LogP contribution is -2.44. The van der Waals surface area contributed by atoms with E-state index in [2.05, 4.69) is 55.1 Å². The maximum absolute atomic E-state index is 12.9. The fraction of sp³-hybridized carbons (Fsp3) is 0.571. The van der Waals surface area contributed by atoms with Crippen molar-refractivity contribution >= 4 is 29.9 Å². The topological polar surface area (TPSA) is 21.3 Å². The van der Waals surface area contributed by atoms with Gasteiger partial charge in [-0.15, -0.1) is 0 Å². The van der Waals surface area contributed by atoms with Gasteiger partial charge in [0.1, 0.15) is 5.75 Å². The summed E-state index contributed by atoms with van der Waals surface area (Å²) >= 11 is 2.33. The van der Waals surface area contributed by atoms with Crippen molar-refractivity contribution in [1.29, 1.82) is 0 Å². The predicted octanol–water partition coefficient (Wildman–Crippen LogP) is 5.47. The molecule has 20 heavy (non-hydrogen) atoms. The van der Waals surface area contributed by atoms with E-state index in [-0.39, 0.29) is 5.04 Å². The lowest BCUT2D eigenvalue weighted by Gasteiger charge is -2.37. The molecule has 0 saturated heterocycles. The Bertz CT molecular complexity index is 455. The van der Waals surface area contributed by atoms with Gasteiger partial charge in [0.05, 0.1) is 12.2 Å². The second-order valence-electron chi connectivity index (χ2n) is 6.33.